The molecule has 3 nitrogen and oxygen atoms in total. The molecule has 0 heterocycles. The average molecular weight is 496 g/mol. The zero-order chi connectivity index (χ0) is 24.6. The van der Waals surface area contributed by atoms with Crippen molar-refractivity contribution in [2.75, 3.05) is 19.4 Å². The van der Waals surface area contributed by atoms with Gasteiger partial charge in [-0.15, -0.1) is 0 Å². The lowest BCUT2D eigenvalue weighted by molar-refractivity contribution is 0.174. The van der Waals surface area contributed by atoms with E-state index in [-0.39, 0.29) is 0 Å². The van der Waals surface area contributed by atoms with Crippen molar-refractivity contribution in [1.82, 2.24) is 0 Å². The van der Waals surface area contributed by atoms with Gasteiger partial charge in [-0.05, 0) is 37.8 Å². The van der Waals surface area contributed by atoms with Crippen LogP contribution in [0.4, 0.5) is 0 Å². The van der Waals surface area contributed by atoms with E-state index < -0.39 is 7.94 Å². The molecule has 0 spiro atoms. The van der Waals surface area contributed by atoms with E-state index in [1.165, 1.54) is 96.3 Å². The number of hydrogen-bond acceptors (Lipinski definition) is 3. The van der Waals surface area contributed by atoms with E-state index in [0.717, 1.165) is 44.4 Å². The van der Waals surface area contributed by atoms with Gasteiger partial charge >= 0.3 is 7.94 Å². The number of rotatable bonds is 25. The Hall–Kier alpha value is -0.630. The molecule has 0 atom stereocenters. The Morgan fingerprint density at radius 2 is 0.912 bits per heavy atom. The van der Waals surface area contributed by atoms with Crippen LogP contribution in [0.1, 0.15) is 136 Å². The fourth-order valence-corrected chi connectivity index (χ4v) is 6.56. The molecule has 0 aliphatic heterocycles. The Morgan fingerprint density at radius 1 is 0.500 bits per heavy atom. The Bertz CT molecular complexity index is 519. The van der Waals surface area contributed by atoms with E-state index in [4.69, 9.17) is 13.6 Å². The molecule has 0 aromatic heterocycles. The minimum atomic E-state index is -2.40. The van der Waals surface area contributed by atoms with Gasteiger partial charge < -0.3 is 0 Å². The van der Waals surface area contributed by atoms with Crippen molar-refractivity contribution in [1.29, 1.82) is 0 Å². The molecule has 0 amide bonds. The molecule has 34 heavy (non-hydrogen) atoms. The molecule has 1 rings (SSSR count). The fourth-order valence-electron chi connectivity index (χ4n) is 4.16. The van der Waals surface area contributed by atoms with E-state index in [9.17, 15) is 0 Å². The van der Waals surface area contributed by atoms with Crippen LogP contribution in [0.15, 0.2) is 30.3 Å². The second-order valence-electron chi connectivity index (χ2n) is 9.71. The molecule has 0 unspecified atom stereocenters. The van der Waals surface area contributed by atoms with Gasteiger partial charge in [0, 0.05) is 0 Å². The third-order valence-corrected chi connectivity index (χ3v) is 8.85. The lowest BCUT2D eigenvalue weighted by atomic mass is 10.1. The average Bonchev–Trinajstić information content (AvgIpc) is 2.85. The van der Waals surface area contributed by atoms with Crippen LogP contribution < -0.4 is 4.52 Å². The molecule has 198 valence electrons. The molecule has 0 fully saturated rings. The van der Waals surface area contributed by atoms with Crippen LogP contribution >= 0.6 is 7.94 Å². The predicted octanol–water partition coefficient (Wildman–Crippen LogP) is 10.9. The second-order valence-corrected chi connectivity index (χ2v) is 12.1. The summed E-state index contributed by atoms with van der Waals surface area (Å²) >= 11 is 0. The minimum Gasteiger partial charge on any atom is -0.287 e. The highest BCUT2D eigenvalue weighted by Crippen LogP contribution is 2.62. The minimum absolute atomic E-state index is 0.749. The van der Waals surface area contributed by atoms with Crippen LogP contribution in [0.3, 0.4) is 0 Å². The summed E-state index contributed by atoms with van der Waals surface area (Å²) in [7, 11) is -2.40. The molecule has 0 N–H and O–H groups in total. The summed E-state index contributed by atoms with van der Waals surface area (Å²) in [4.78, 5) is 0. The summed E-state index contributed by atoms with van der Waals surface area (Å²) in [6.45, 7) is 8.31. The molecular weight excluding hydrogens is 439 g/mol. The summed E-state index contributed by atoms with van der Waals surface area (Å²) in [6, 6.07) is 10.2. The van der Waals surface area contributed by atoms with Gasteiger partial charge in [-0.3, -0.25) is 4.52 Å². The number of hydrogen-bond donors (Lipinski definition) is 0. The molecule has 0 aliphatic rings. The maximum Gasteiger partial charge on any atom is 0.456 e. The van der Waals surface area contributed by atoms with Crippen LogP contribution in [0, 0.1) is 0 Å². The first-order chi connectivity index (χ1) is 16.8. The first kappa shape index (κ1) is 31.4. The highest BCUT2D eigenvalue weighted by atomic mass is 31.2. The van der Waals surface area contributed by atoms with Gasteiger partial charge in [-0.1, -0.05) is 129 Å². The standard InChI is InChI=1S/C30H56O3P/c1-4-7-10-13-16-22-27-31-34(29-24-18-15-12-9-6-3,33-30-25-20-19-21-26-30)32-28-23-17-14-11-8-5-2/h19-21,25-26H,4-18,22-24,27-29H2,1-3H3/q+1. The monoisotopic (exact) mass is 495 g/mol. The second kappa shape index (κ2) is 22.8. The predicted molar refractivity (Wildman–Crippen MR) is 151 cm³/mol. The van der Waals surface area contributed by atoms with Crippen molar-refractivity contribution in [2.24, 2.45) is 0 Å². The van der Waals surface area contributed by atoms with Crippen LogP contribution in [0.2, 0.25) is 0 Å². The molecule has 0 saturated carbocycles. The quantitative estimate of drug-likeness (QED) is 0.0997. The maximum absolute atomic E-state index is 6.59. The van der Waals surface area contributed by atoms with Crippen LogP contribution in [-0.2, 0) is 9.05 Å². The molecule has 4 heteroatoms. The van der Waals surface area contributed by atoms with E-state index in [1.807, 2.05) is 30.3 Å². The lowest BCUT2D eigenvalue weighted by Gasteiger charge is -2.23. The van der Waals surface area contributed by atoms with Gasteiger partial charge in [0.25, 0.3) is 0 Å². The Kier molecular flexibility index (Phi) is 21.1. The van der Waals surface area contributed by atoms with Crippen molar-refractivity contribution in [2.45, 2.75) is 136 Å². The van der Waals surface area contributed by atoms with Crippen LogP contribution in [-0.4, -0.2) is 19.4 Å². The van der Waals surface area contributed by atoms with E-state index in [2.05, 4.69) is 20.8 Å². The van der Waals surface area contributed by atoms with Crippen molar-refractivity contribution >= 4 is 7.94 Å². The van der Waals surface area contributed by atoms with Crippen LogP contribution in [0.5, 0.6) is 5.75 Å². The van der Waals surface area contributed by atoms with Crippen molar-refractivity contribution in [3.05, 3.63) is 30.3 Å². The van der Waals surface area contributed by atoms with Crippen molar-refractivity contribution < 1.29 is 13.6 Å². The topological polar surface area (TPSA) is 27.7 Å². The third-order valence-electron chi connectivity index (χ3n) is 6.34. The molecule has 1 aromatic rings. The Labute approximate surface area is 213 Å². The molecule has 0 aliphatic carbocycles. The molecule has 0 radical (unpaired) electrons. The number of benzene rings is 1. The van der Waals surface area contributed by atoms with Gasteiger partial charge in [0.15, 0.2) is 5.75 Å². The third kappa shape index (κ3) is 16.9. The van der Waals surface area contributed by atoms with E-state index in [0.29, 0.717) is 0 Å². The zero-order valence-corrected chi connectivity index (χ0v) is 23.8. The van der Waals surface area contributed by atoms with E-state index in [1.54, 1.807) is 0 Å². The van der Waals surface area contributed by atoms with Gasteiger partial charge in [0.2, 0.25) is 0 Å². The number of para-hydroxylation sites is 1. The van der Waals surface area contributed by atoms with Gasteiger partial charge in [0.05, 0.1) is 13.2 Å². The zero-order valence-electron chi connectivity index (χ0n) is 22.9. The smallest absolute Gasteiger partial charge is 0.287 e. The SMILES string of the molecule is CCCCCCCCO[P+](CCCCCCCC)(OCCCCCCCC)Oc1ccccc1. The van der Waals surface area contributed by atoms with Gasteiger partial charge in [-0.25, -0.2) is 0 Å². The Morgan fingerprint density at radius 3 is 1.38 bits per heavy atom. The molecule has 0 saturated heterocycles. The summed E-state index contributed by atoms with van der Waals surface area (Å²) in [5, 5.41) is 0. The highest BCUT2D eigenvalue weighted by molar-refractivity contribution is 7.62. The highest BCUT2D eigenvalue weighted by Gasteiger charge is 2.46. The summed E-state index contributed by atoms with van der Waals surface area (Å²) in [5.74, 6) is 0.882. The fraction of sp³-hybridized carbons (Fsp3) is 0.800. The van der Waals surface area contributed by atoms with Crippen LogP contribution in [0.25, 0.3) is 0 Å². The summed E-state index contributed by atoms with van der Waals surface area (Å²) < 4.78 is 19.7. The molecular formula is C30H56O3P+. The normalized spacial score (nSPS) is 11.7. The first-order valence-electron chi connectivity index (χ1n) is 14.7. The largest absolute Gasteiger partial charge is 0.456 e. The lowest BCUT2D eigenvalue weighted by Crippen LogP contribution is -2.15. The molecule has 1 aromatic carbocycles. The van der Waals surface area contributed by atoms with Crippen molar-refractivity contribution in [3.8, 4) is 5.75 Å². The van der Waals surface area contributed by atoms with Crippen molar-refractivity contribution in [3.63, 3.8) is 0 Å². The summed E-state index contributed by atoms with van der Waals surface area (Å²) in [5.41, 5.74) is 0. The van der Waals surface area contributed by atoms with Gasteiger partial charge in [0.1, 0.15) is 6.16 Å². The van der Waals surface area contributed by atoms with Gasteiger partial charge in [-0.2, -0.15) is 9.05 Å². The molecule has 0 bridgehead atoms. The van der Waals surface area contributed by atoms with E-state index >= 15 is 0 Å². The maximum atomic E-state index is 6.59. The number of unbranched alkanes of at least 4 members (excludes halogenated alkanes) is 15. The summed E-state index contributed by atoms with van der Waals surface area (Å²) in [6.07, 6.45) is 23.7. The first-order valence-corrected chi connectivity index (χ1v) is 16.4. The Balaban J connectivity index is 2.67.